The second-order valence-electron chi connectivity index (χ2n) is 4.47. The van der Waals surface area contributed by atoms with Crippen molar-refractivity contribution in [2.75, 3.05) is 10.7 Å². The number of hydrogen-bond donors (Lipinski definition) is 3. The number of hydrogen-bond acceptors (Lipinski definition) is 4. The standard InChI is InChI=1S/C14H14N4O/c1-9-3-2-4-11-12(9)16-14(19)13(11)18-17-10-5-7-15-8-6-10/h2-8,13,18H,1H3,(H,15,17)(H,16,19). The lowest BCUT2D eigenvalue weighted by Gasteiger charge is -2.13. The number of hydrazine groups is 1. The van der Waals surface area contributed by atoms with Crippen molar-refractivity contribution in [2.45, 2.75) is 13.0 Å². The Labute approximate surface area is 111 Å². The van der Waals surface area contributed by atoms with Gasteiger partial charge in [0.2, 0.25) is 5.91 Å². The van der Waals surface area contributed by atoms with Crippen LogP contribution in [0, 0.1) is 6.92 Å². The molecule has 0 bridgehead atoms. The van der Waals surface area contributed by atoms with Crippen LogP contribution in [0.5, 0.6) is 0 Å². The van der Waals surface area contributed by atoms with Crippen molar-refractivity contribution in [3.8, 4) is 0 Å². The number of amides is 1. The summed E-state index contributed by atoms with van der Waals surface area (Å²) in [4.78, 5) is 15.9. The Bertz CT molecular complexity index is 612. The van der Waals surface area contributed by atoms with Gasteiger partial charge < -0.3 is 10.7 Å². The zero-order chi connectivity index (χ0) is 13.2. The minimum Gasteiger partial charge on any atom is -0.324 e. The lowest BCUT2D eigenvalue weighted by molar-refractivity contribution is -0.117. The van der Waals surface area contributed by atoms with E-state index in [2.05, 4.69) is 21.2 Å². The fourth-order valence-electron chi connectivity index (χ4n) is 2.17. The first-order valence-electron chi connectivity index (χ1n) is 6.07. The van der Waals surface area contributed by atoms with Crippen molar-refractivity contribution in [1.82, 2.24) is 10.4 Å². The molecule has 1 aliphatic rings. The van der Waals surface area contributed by atoms with Crippen molar-refractivity contribution in [1.29, 1.82) is 0 Å². The number of fused-ring (bicyclic) bond motifs is 1. The Balaban J connectivity index is 1.80. The number of carbonyl (C=O) groups excluding carboxylic acids is 1. The quantitative estimate of drug-likeness (QED) is 0.733. The van der Waals surface area contributed by atoms with Crippen LogP contribution in [-0.2, 0) is 4.79 Å². The van der Waals surface area contributed by atoms with Gasteiger partial charge in [0.05, 0.1) is 5.69 Å². The molecule has 1 atom stereocenters. The molecule has 1 aliphatic heterocycles. The smallest absolute Gasteiger partial charge is 0.247 e. The van der Waals surface area contributed by atoms with Crippen molar-refractivity contribution < 1.29 is 4.79 Å². The van der Waals surface area contributed by atoms with Crippen molar-refractivity contribution in [3.05, 3.63) is 53.9 Å². The maximum atomic E-state index is 12.0. The van der Waals surface area contributed by atoms with Gasteiger partial charge in [-0.2, -0.15) is 0 Å². The Hall–Kier alpha value is -2.40. The topological polar surface area (TPSA) is 66.1 Å². The third-order valence-electron chi connectivity index (χ3n) is 3.17. The molecule has 0 saturated heterocycles. The summed E-state index contributed by atoms with van der Waals surface area (Å²) in [7, 11) is 0. The number of anilines is 2. The molecule has 1 unspecified atom stereocenters. The van der Waals surface area contributed by atoms with E-state index >= 15 is 0 Å². The number of benzene rings is 1. The molecule has 0 fully saturated rings. The molecule has 5 heteroatoms. The van der Waals surface area contributed by atoms with Crippen LogP contribution in [0.2, 0.25) is 0 Å². The number of rotatable bonds is 3. The minimum atomic E-state index is -0.386. The summed E-state index contributed by atoms with van der Waals surface area (Å²) in [6, 6.07) is 9.16. The van der Waals surface area contributed by atoms with E-state index in [0.29, 0.717) is 0 Å². The molecule has 3 N–H and O–H groups in total. The van der Waals surface area contributed by atoms with Gasteiger partial charge in [-0.1, -0.05) is 18.2 Å². The Morgan fingerprint density at radius 3 is 2.79 bits per heavy atom. The second-order valence-corrected chi connectivity index (χ2v) is 4.47. The predicted octanol–water partition coefficient (Wildman–Crippen LogP) is 2.00. The molecule has 0 aliphatic carbocycles. The molecule has 0 saturated carbocycles. The van der Waals surface area contributed by atoms with Gasteiger partial charge in [0.25, 0.3) is 0 Å². The van der Waals surface area contributed by atoms with Crippen LogP contribution in [0.15, 0.2) is 42.7 Å². The maximum absolute atomic E-state index is 12.0. The number of nitrogens with one attached hydrogen (secondary N) is 3. The molecule has 0 radical (unpaired) electrons. The van der Waals surface area contributed by atoms with E-state index in [1.807, 2.05) is 37.3 Å². The second kappa shape index (κ2) is 4.70. The molecule has 1 aromatic carbocycles. The van der Waals surface area contributed by atoms with Crippen LogP contribution in [-0.4, -0.2) is 10.9 Å². The molecule has 2 heterocycles. The molecule has 96 valence electrons. The zero-order valence-electron chi connectivity index (χ0n) is 10.5. The van der Waals surface area contributed by atoms with E-state index in [1.165, 1.54) is 0 Å². The molecule has 0 spiro atoms. The molecule has 1 aromatic heterocycles. The van der Waals surface area contributed by atoms with Crippen LogP contribution in [0.3, 0.4) is 0 Å². The van der Waals surface area contributed by atoms with E-state index in [-0.39, 0.29) is 11.9 Å². The van der Waals surface area contributed by atoms with Gasteiger partial charge >= 0.3 is 0 Å². The lowest BCUT2D eigenvalue weighted by atomic mass is 10.1. The highest BCUT2D eigenvalue weighted by molar-refractivity contribution is 6.03. The van der Waals surface area contributed by atoms with Crippen LogP contribution in [0.4, 0.5) is 11.4 Å². The van der Waals surface area contributed by atoms with Gasteiger partial charge in [0, 0.05) is 23.6 Å². The summed E-state index contributed by atoms with van der Waals surface area (Å²) in [6.07, 6.45) is 3.38. The first-order chi connectivity index (χ1) is 9.25. The number of para-hydroxylation sites is 1. The summed E-state index contributed by atoms with van der Waals surface area (Å²) in [5.41, 5.74) is 9.87. The summed E-state index contributed by atoms with van der Waals surface area (Å²) < 4.78 is 0. The largest absolute Gasteiger partial charge is 0.324 e. The zero-order valence-corrected chi connectivity index (χ0v) is 10.5. The molecule has 5 nitrogen and oxygen atoms in total. The SMILES string of the molecule is Cc1cccc2c1NC(=O)C2NNc1ccncc1. The maximum Gasteiger partial charge on any atom is 0.247 e. The monoisotopic (exact) mass is 254 g/mol. The fraction of sp³-hybridized carbons (Fsp3) is 0.143. The van der Waals surface area contributed by atoms with Crippen LogP contribution < -0.4 is 16.2 Å². The van der Waals surface area contributed by atoms with Crippen LogP contribution in [0.1, 0.15) is 17.2 Å². The number of carbonyl (C=O) groups is 1. The molecular formula is C14H14N4O. The van der Waals surface area contributed by atoms with E-state index in [1.54, 1.807) is 12.4 Å². The highest BCUT2D eigenvalue weighted by Crippen LogP contribution is 2.33. The summed E-state index contributed by atoms with van der Waals surface area (Å²) in [6.45, 7) is 1.98. The molecule has 3 rings (SSSR count). The lowest BCUT2D eigenvalue weighted by Crippen LogP contribution is -2.32. The number of nitrogens with zero attached hydrogens (tertiary/aromatic N) is 1. The highest BCUT2D eigenvalue weighted by Gasteiger charge is 2.30. The average Bonchev–Trinajstić information content (AvgIpc) is 2.75. The highest BCUT2D eigenvalue weighted by atomic mass is 16.2. The van der Waals surface area contributed by atoms with Crippen LogP contribution >= 0.6 is 0 Å². The average molecular weight is 254 g/mol. The van der Waals surface area contributed by atoms with Crippen molar-refractivity contribution in [2.24, 2.45) is 0 Å². The van der Waals surface area contributed by atoms with E-state index < -0.39 is 0 Å². The first-order valence-corrected chi connectivity index (χ1v) is 6.07. The molecule has 2 aromatic rings. The van der Waals surface area contributed by atoms with Gasteiger partial charge in [0.1, 0.15) is 6.04 Å². The molecule has 1 amide bonds. The van der Waals surface area contributed by atoms with Gasteiger partial charge in [-0.25, -0.2) is 5.43 Å². The summed E-state index contributed by atoms with van der Waals surface area (Å²) in [5, 5.41) is 2.90. The normalized spacial score (nSPS) is 16.9. The minimum absolute atomic E-state index is 0.0501. The van der Waals surface area contributed by atoms with Crippen molar-refractivity contribution in [3.63, 3.8) is 0 Å². The van der Waals surface area contributed by atoms with Gasteiger partial charge in [0.15, 0.2) is 0 Å². The summed E-state index contributed by atoms with van der Waals surface area (Å²) in [5.74, 6) is -0.0501. The third kappa shape index (κ3) is 2.15. The Kier molecular flexibility index (Phi) is 2.89. The third-order valence-corrected chi connectivity index (χ3v) is 3.17. The van der Waals surface area contributed by atoms with Crippen molar-refractivity contribution >= 4 is 17.3 Å². The van der Waals surface area contributed by atoms with Gasteiger partial charge in [-0.05, 0) is 24.6 Å². The van der Waals surface area contributed by atoms with E-state index in [9.17, 15) is 4.79 Å². The molecule has 19 heavy (non-hydrogen) atoms. The summed E-state index contributed by atoms with van der Waals surface area (Å²) >= 11 is 0. The predicted molar refractivity (Wildman–Crippen MR) is 73.5 cm³/mol. The first kappa shape index (κ1) is 11.7. The Morgan fingerprint density at radius 2 is 2.00 bits per heavy atom. The Morgan fingerprint density at radius 1 is 1.21 bits per heavy atom. The molecular weight excluding hydrogens is 240 g/mol. The fourth-order valence-corrected chi connectivity index (χ4v) is 2.17. The van der Waals surface area contributed by atoms with Gasteiger partial charge in [-0.15, -0.1) is 0 Å². The van der Waals surface area contributed by atoms with Gasteiger partial charge in [-0.3, -0.25) is 9.78 Å². The van der Waals surface area contributed by atoms with E-state index in [0.717, 1.165) is 22.5 Å². The number of aryl methyl sites for hydroxylation is 1. The van der Waals surface area contributed by atoms with Crippen LogP contribution in [0.25, 0.3) is 0 Å². The number of aromatic nitrogens is 1. The number of pyridine rings is 1. The van der Waals surface area contributed by atoms with E-state index in [4.69, 9.17) is 0 Å².